The fourth-order valence-electron chi connectivity index (χ4n) is 3.41. The van der Waals surface area contributed by atoms with Crippen molar-refractivity contribution in [2.75, 3.05) is 12.4 Å². The van der Waals surface area contributed by atoms with E-state index in [0.29, 0.717) is 11.3 Å². The van der Waals surface area contributed by atoms with Crippen molar-refractivity contribution in [3.8, 4) is 5.75 Å². The number of ether oxygens (including phenoxy) is 2. The summed E-state index contributed by atoms with van der Waals surface area (Å²) in [7, 11) is 0. The quantitative estimate of drug-likeness (QED) is 0.247. The topological polar surface area (TPSA) is 148 Å². The number of hydrogen-bond acceptors (Lipinski definition) is 9. The van der Waals surface area contributed by atoms with Gasteiger partial charge in [0.05, 0.1) is 10.7 Å². The normalized spacial score (nSPS) is 19.1. The molecule has 1 saturated heterocycles. The Morgan fingerprint density at radius 2 is 1.88 bits per heavy atom. The maximum absolute atomic E-state index is 12.7. The summed E-state index contributed by atoms with van der Waals surface area (Å²) in [5, 5.41) is 23.0. The summed E-state index contributed by atoms with van der Waals surface area (Å²) in [6.45, 7) is -0.485. The van der Waals surface area contributed by atoms with E-state index in [1.54, 1.807) is 24.3 Å². The minimum Gasteiger partial charge on any atom is -0.509 e. The number of nitrogens with zero attached hydrogens (tertiary/aromatic N) is 2. The van der Waals surface area contributed by atoms with E-state index in [4.69, 9.17) is 9.47 Å². The van der Waals surface area contributed by atoms with Crippen molar-refractivity contribution in [2.45, 2.75) is 18.0 Å². The molecule has 0 radical (unpaired) electrons. The van der Waals surface area contributed by atoms with Crippen molar-refractivity contribution in [3.63, 3.8) is 0 Å². The number of rotatable bonds is 8. The molecule has 0 saturated carbocycles. The highest BCUT2D eigenvalue weighted by molar-refractivity contribution is 8.00. The van der Waals surface area contributed by atoms with Crippen LogP contribution in [0.25, 0.3) is 0 Å². The molecule has 2 amide bonds. The smallest absolute Gasteiger partial charge is 0.358 e. The summed E-state index contributed by atoms with van der Waals surface area (Å²) in [6.07, 6.45) is 0. The summed E-state index contributed by atoms with van der Waals surface area (Å²) in [6, 6.07) is 13.3. The highest BCUT2D eigenvalue weighted by Gasteiger charge is 2.54. The van der Waals surface area contributed by atoms with Crippen molar-refractivity contribution >= 4 is 35.2 Å². The van der Waals surface area contributed by atoms with Gasteiger partial charge in [-0.3, -0.25) is 24.6 Å². The number of hydrogen-bond donors (Lipinski definition) is 2. The SMILES string of the molecule is O=C(COc1ccccc1)NC1C(=O)N2C(C(=O)OCc3ccc([N+](=O)[O-])cc3)=C(O)CS[C@H]12. The van der Waals surface area contributed by atoms with Crippen LogP contribution in [0.5, 0.6) is 5.75 Å². The molecule has 2 aromatic carbocycles. The van der Waals surface area contributed by atoms with Crippen LogP contribution in [0.4, 0.5) is 5.69 Å². The van der Waals surface area contributed by atoms with E-state index in [1.807, 2.05) is 6.07 Å². The number of amides is 2. The van der Waals surface area contributed by atoms with Crippen LogP contribution in [0.1, 0.15) is 5.56 Å². The summed E-state index contributed by atoms with van der Waals surface area (Å²) in [5.41, 5.74) is 0.122. The van der Waals surface area contributed by atoms with Gasteiger partial charge in [0.25, 0.3) is 17.5 Å². The number of aliphatic hydroxyl groups is 1. The van der Waals surface area contributed by atoms with Crippen LogP contribution in [0.2, 0.25) is 0 Å². The van der Waals surface area contributed by atoms with Gasteiger partial charge in [-0.1, -0.05) is 18.2 Å². The molecule has 2 aliphatic heterocycles. The maximum Gasteiger partial charge on any atom is 0.358 e. The van der Waals surface area contributed by atoms with Gasteiger partial charge in [0, 0.05) is 12.1 Å². The van der Waals surface area contributed by atoms with Crippen molar-refractivity contribution < 1.29 is 33.9 Å². The molecule has 2 aromatic rings. The van der Waals surface area contributed by atoms with Gasteiger partial charge in [0.2, 0.25) is 0 Å². The minimum absolute atomic E-state index is 0.0588. The lowest BCUT2D eigenvalue weighted by atomic mass is 10.0. The second kappa shape index (κ2) is 9.83. The molecule has 1 fully saturated rings. The molecule has 2 N–H and O–H groups in total. The molecule has 0 aliphatic carbocycles. The number of thioether (sulfide) groups is 1. The Balaban J connectivity index is 1.34. The highest BCUT2D eigenvalue weighted by atomic mass is 32.2. The molecule has 34 heavy (non-hydrogen) atoms. The van der Waals surface area contributed by atoms with E-state index in [2.05, 4.69) is 5.32 Å². The van der Waals surface area contributed by atoms with E-state index in [9.17, 15) is 29.6 Å². The maximum atomic E-state index is 12.7. The molecule has 1 unspecified atom stereocenters. The lowest BCUT2D eigenvalue weighted by Gasteiger charge is -2.48. The van der Waals surface area contributed by atoms with Crippen LogP contribution in [-0.4, -0.2) is 56.5 Å². The molecule has 4 rings (SSSR count). The highest BCUT2D eigenvalue weighted by Crippen LogP contribution is 2.40. The fraction of sp³-hybridized carbons (Fsp3) is 0.227. The zero-order valence-electron chi connectivity index (χ0n) is 17.6. The number of nitro groups is 1. The van der Waals surface area contributed by atoms with Crippen LogP contribution in [-0.2, 0) is 25.7 Å². The zero-order chi connectivity index (χ0) is 24.2. The molecule has 0 bridgehead atoms. The second-order valence-corrected chi connectivity index (χ2v) is 8.46. The molecule has 0 spiro atoms. The summed E-state index contributed by atoms with van der Waals surface area (Å²) >= 11 is 1.20. The first kappa shape index (κ1) is 23.1. The van der Waals surface area contributed by atoms with Gasteiger partial charge in [-0.15, -0.1) is 11.8 Å². The molecule has 0 aromatic heterocycles. The third-order valence-electron chi connectivity index (χ3n) is 5.09. The molecular formula is C22H19N3O8S. The van der Waals surface area contributed by atoms with Gasteiger partial charge >= 0.3 is 5.97 Å². The first-order valence-electron chi connectivity index (χ1n) is 10.1. The number of non-ortho nitro benzene ring substituents is 1. The van der Waals surface area contributed by atoms with Crippen LogP contribution in [0.3, 0.4) is 0 Å². The first-order chi connectivity index (χ1) is 16.3. The van der Waals surface area contributed by atoms with Crippen molar-refractivity contribution in [1.29, 1.82) is 0 Å². The first-order valence-corrected chi connectivity index (χ1v) is 11.1. The average molecular weight is 485 g/mol. The van der Waals surface area contributed by atoms with Gasteiger partial charge in [0.15, 0.2) is 12.3 Å². The number of carbonyl (C=O) groups excluding carboxylic acids is 3. The number of para-hydroxylation sites is 1. The predicted molar refractivity (Wildman–Crippen MR) is 120 cm³/mol. The summed E-state index contributed by atoms with van der Waals surface area (Å²) in [5.74, 6) is -1.70. The van der Waals surface area contributed by atoms with E-state index in [-0.39, 0.29) is 36.1 Å². The van der Waals surface area contributed by atoms with Crippen LogP contribution < -0.4 is 10.1 Å². The number of nitro benzene ring substituents is 1. The van der Waals surface area contributed by atoms with Gasteiger partial charge in [-0.05, 0) is 29.8 Å². The molecule has 2 aliphatic rings. The number of nitrogens with one attached hydrogen (secondary N) is 1. The summed E-state index contributed by atoms with van der Waals surface area (Å²) < 4.78 is 10.6. The number of benzene rings is 2. The predicted octanol–water partition coefficient (Wildman–Crippen LogP) is 1.89. The largest absolute Gasteiger partial charge is 0.509 e. The lowest BCUT2D eigenvalue weighted by Crippen LogP contribution is -2.70. The Hall–Kier alpha value is -4.06. The number of carbonyl (C=O) groups is 3. The standard InChI is InChI=1S/C22H19N3O8S/c26-16-12-34-21-18(23-17(27)11-32-15-4-2-1-3-5-15)20(28)24(21)19(16)22(29)33-10-13-6-8-14(9-7-13)25(30)31/h1-9,18,21,26H,10-12H2,(H,23,27)/t18?,21-/m1/s1. The number of fused-ring (bicyclic) bond motifs is 1. The average Bonchev–Trinajstić information content (AvgIpc) is 2.85. The van der Waals surface area contributed by atoms with Gasteiger partial charge < -0.3 is 19.9 Å². The van der Waals surface area contributed by atoms with Gasteiger partial charge in [-0.25, -0.2) is 4.79 Å². The van der Waals surface area contributed by atoms with Crippen LogP contribution in [0.15, 0.2) is 66.1 Å². The molecule has 176 valence electrons. The van der Waals surface area contributed by atoms with E-state index in [0.717, 1.165) is 4.90 Å². The van der Waals surface area contributed by atoms with Crippen LogP contribution >= 0.6 is 11.8 Å². The Kier molecular flexibility index (Phi) is 6.68. The fourth-order valence-corrected chi connectivity index (χ4v) is 4.61. The number of esters is 1. The third-order valence-corrected chi connectivity index (χ3v) is 6.35. The Morgan fingerprint density at radius 1 is 1.18 bits per heavy atom. The molecule has 2 heterocycles. The molecule has 12 heteroatoms. The zero-order valence-corrected chi connectivity index (χ0v) is 18.4. The molecule has 2 atom stereocenters. The monoisotopic (exact) mass is 485 g/mol. The number of aliphatic hydroxyl groups excluding tert-OH is 1. The lowest BCUT2D eigenvalue weighted by molar-refractivity contribution is -0.384. The Morgan fingerprint density at radius 3 is 2.56 bits per heavy atom. The Labute approximate surface area is 197 Å². The number of β-lactam (4-membered cyclic amide) rings is 1. The van der Waals surface area contributed by atoms with Gasteiger partial charge in [0.1, 0.15) is 29.5 Å². The third kappa shape index (κ3) is 4.81. The minimum atomic E-state index is -0.910. The summed E-state index contributed by atoms with van der Waals surface area (Å²) in [4.78, 5) is 48.8. The van der Waals surface area contributed by atoms with E-state index in [1.165, 1.54) is 36.0 Å². The second-order valence-electron chi connectivity index (χ2n) is 7.35. The van der Waals surface area contributed by atoms with E-state index >= 15 is 0 Å². The van der Waals surface area contributed by atoms with Gasteiger partial charge in [-0.2, -0.15) is 0 Å². The van der Waals surface area contributed by atoms with Crippen molar-refractivity contribution in [2.24, 2.45) is 0 Å². The van der Waals surface area contributed by atoms with E-state index < -0.39 is 34.1 Å². The Bertz CT molecular complexity index is 1150. The molecular weight excluding hydrogens is 466 g/mol. The van der Waals surface area contributed by atoms with Crippen LogP contribution in [0, 0.1) is 10.1 Å². The van der Waals surface area contributed by atoms with Crippen molar-refractivity contribution in [3.05, 3.63) is 81.7 Å². The molecule has 11 nitrogen and oxygen atoms in total. The van der Waals surface area contributed by atoms with Crippen molar-refractivity contribution in [1.82, 2.24) is 10.2 Å².